The fourth-order valence-electron chi connectivity index (χ4n) is 2.58. The van der Waals surface area contributed by atoms with Gasteiger partial charge in [0.1, 0.15) is 11.5 Å². The molecule has 0 aliphatic heterocycles. The molecule has 2 amide bonds. The lowest BCUT2D eigenvalue weighted by Crippen LogP contribution is -2.37. The molecule has 5 heteroatoms. The van der Waals surface area contributed by atoms with Crippen LogP contribution in [0.4, 0.5) is 4.79 Å². The number of hydrogen-bond donors (Lipinski definition) is 3. The van der Waals surface area contributed by atoms with E-state index in [1.54, 1.807) is 0 Å². The van der Waals surface area contributed by atoms with E-state index in [0.717, 1.165) is 22.6 Å². The van der Waals surface area contributed by atoms with Gasteiger partial charge in [-0.05, 0) is 31.9 Å². The molecule has 1 unspecified atom stereocenters. The van der Waals surface area contributed by atoms with Crippen molar-refractivity contribution in [3.63, 3.8) is 0 Å². The smallest absolute Gasteiger partial charge is 0.315 e. The van der Waals surface area contributed by atoms with E-state index >= 15 is 0 Å². The highest BCUT2D eigenvalue weighted by Crippen LogP contribution is 2.18. The third-order valence-corrected chi connectivity index (χ3v) is 3.84. The second-order valence-corrected chi connectivity index (χ2v) is 5.62. The third-order valence-electron chi connectivity index (χ3n) is 3.84. The summed E-state index contributed by atoms with van der Waals surface area (Å²) < 4.78 is 5.44. The van der Waals surface area contributed by atoms with Crippen LogP contribution in [0.25, 0.3) is 0 Å². The van der Waals surface area contributed by atoms with Gasteiger partial charge in [0.25, 0.3) is 0 Å². The van der Waals surface area contributed by atoms with Gasteiger partial charge in [0.05, 0.1) is 0 Å². The Bertz CT molecular complexity index is 622. The van der Waals surface area contributed by atoms with E-state index in [0.29, 0.717) is 19.5 Å². The van der Waals surface area contributed by atoms with E-state index in [1.165, 1.54) is 0 Å². The maximum absolute atomic E-state index is 12.0. The minimum Gasteiger partial charge on any atom is -0.466 e. The number of aliphatic hydroxyl groups excluding tert-OH is 1. The number of furan rings is 1. The van der Waals surface area contributed by atoms with E-state index in [1.807, 2.05) is 50.2 Å². The first-order chi connectivity index (χ1) is 11.1. The van der Waals surface area contributed by atoms with E-state index in [2.05, 4.69) is 10.6 Å². The summed E-state index contributed by atoms with van der Waals surface area (Å²) >= 11 is 0. The summed E-state index contributed by atoms with van der Waals surface area (Å²) in [6.45, 7) is 4.78. The molecule has 0 aliphatic rings. The Kier molecular flexibility index (Phi) is 6.23. The number of carbonyl (C=O) groups excluding carboxylic acids is 1. The van der Waals surface area contributed by atoms with Crippen molar-refractivity contribution < 1.29 is 14.3 Å². The number of carbonyl (C=O) groups is 1. The largest absolute Gasteiger partial charge is 0.466 e. The summed E-state index contributed by atoms with van der Waals surface area (Å²) in [5.41, 5.74) is 2.09. The van der Waals surface area contributed by atoms with E-state index < -0.39 is 0 Å². The maximum Gasteiger partial charge on any atom is 0.315 e. The molecule has 124 valence electrons. The van der Waals surface area contributed by atoms with Crippen LogP contribution in [0.5, 0.6) is 0 Å². The quantitative estimate of drug-likeness (QED) is 0.735. The number of hydrogen-bond acceptors (Lipinski definition) is 3. The summed E-state index contributed by atoms with van der Waals surface area (Å²) in [5.74, 6) is 1.77. The number of nitrogens with one attached hydrogen (secondary N) is 2. The van der Waals surface area contributed by atoms with Crippen LogP contribution in [0.15, 0.2) is 40.8 Å². The predicted octanol–water partition coefficient (Wildman–Crippen LogP) is 2.86. The number of urea groups is 1. The molecule has 2 rings (SSSR count). The standard InChI is InChI=1S/C18H24N2O3/c1-13-10-17(14(2)23-13)12-20-18(22)19-11-16(8-9-21)15-6-4-3-5-7-15/h3-7,10,16,21H,8-9,11-12H2,1-2H3,(H2,19,20,22). The first kappa shape index (κ1) is 17.1. The zero-order valence-electron chi connectivity index (χ0n) is 13.6. The molecule has 0 saturated heterocycles. The zero-order valence-corrected chi connectivity index (χ0v) is 13.6. The van der Waals surface area contributed by atoms with Crippen molar-refractivity contribution >= 4 is 6.03 Å². The van der Waals surface area contributed by atoms with Crippen molar-refractivity contribution in [1.29, 1.82) is 0 Å². The van der Waals surface area contributed by atoms with Gasteiger partial charge < -0.3 is 20.2 Å². The fraction of sp³-hybridized carbons (Fsp3) is 0.389. The summed E-state index contributed by atoms with van der Waals surface area (Å²) in [6.07, 6.45) is 0.615. The first-order valence-electron chi connectivity index (χ1n) is 7.83. The SMILES string of the molecule is Cc1cc(CNC(=O)NCC(CCO)c2ccccc2)c(C)o1. The normalized spacial score (nSPS) is 12.0. The summed E-state index contributed by atoms with van der Waals surface area (Å²) in [7, 11) is 0. The lowest BCUT2D eigenvalue weighted by Gasteiger charge is -2.17. The van der Waals surface area contributed by atoms with E-state index in [4.69, 9.17) is 4.42 Å². The Morgan fingerprint density at radius 3 is 2.57 bits per heavy atom. The highest BCUT2D eigenvalue weighted by Gasteiger charge is 2.13. The number of aryl methyl sites for hydroxylation is 2. The molecule has 1 heterocycles. The molecule has 0 aliphatic carbocycles. The number of rotatable bonds is 7. The van der Waals surface area contributed by atoms with Crippen molar-refractivity contribution in [3.8, 4) is 0 Å². The molecule has 1 aromatic heterocycles. The van der Waals surface area contributed by atoms with Gasteiger partial charge in [0.15, 0.2) is 0 Å². The predicted molar refractivity (Wildman–Crippen MR) is 89.3 cm³/mol. The molecule has 0 fully saturated rings. The lowest BCUT2D eigenvalue weighted by molar-refractivity contribution is 0.237. The van der Waals surface area contributed by atoms with Crippen molar-refractivity contribution in [3.05, 3.63) is 59.0 Å². The molecule has 3 N–H and O–H groups in total. The van der Waals surface area contributed by atoms with Crippen molar-refractivity contribution in [2.75, 3.05) is 13.2 Å². The molecule has 5 nitrogen and oxygen atoms in total. The number of aliphatic hydroxyl groups is 1. The molecule has 2 aromatic rings. The van der Waals surface area contributed by atoms with Gasteiger partial charge in [-0.1, -0.05) is 30.3 Å². The van der Waals surface area contributed by atoms with Gasteiger partial charge in [-0.2, -0.15) is 0 Å². The van der Waals surface area contributed by atoms with Crippen LogP contribution < -0.4 is 10.6 Å². The minimum absolute atomic E-state index is 0.0936. The van der Waals surface area contributed by atoms with E-state index in [-0.39, 0.29) is 18.6 Å². The molecular formula is C18H24N2O3. The Balaban J connectivity index is 1.83. The average molecular weight is 316 g/mol. The highest BCUT2D eigenvalue weighted by molar-refractivity contribution is 5.73. The Morgan fingerprint density at radius 2 is 1.96 bits per heavy atom. The number of amides is 2. The zero-order chi connectivity index (χ0) is 16.7. The Morgan fingerprint density at radius 1 is 1.22 bits per heavy atom. The molecule has 23 heavy (non-hydrogen) atoms. The van der Waals surface area contributed by atoms with Gasteiger partial charge in [0.2, 0.25) is 0 Å². The van der Waals surface area contributed by atoms with Crippen LogP contribution >= 0.6 is 0 Å². The second kappa shape index (κ2) is 8.39. The van der Waals surface area contributed by atoms with Crippen molar-refractivity contribution in [2.45, 2.75) is 32.7 Å². The molecule has 1 aromatic carbocycles. The average Bonchev–Trinajstić information content (AvgIpc) is 2.88. The monoisotopic (exact) mass is 316 g/mol. The fourth-order valence-corrected chi connectivity index (χ4v) is 2.58. The lowest BCUT2D eigenvalue weighted by atomic mass is 9.96. The topological polar surface area (TPSA) is 74.5 Å². The van der Waals surface area contributed by atoms with Gasteiger partial charge in [-0.3, -0.25) is 0 Å². The van der Waals surface area contributed by atoms with Gasteiger partial charge >= 0.3 is 6.03 Å². The van der Waals surface area contributed by atoms with Gasteiger partial charge in [-0.25, -0.2) is 4.79 Å². The molecule has 1 atom stereocenters. The van der Waals surface area contributed by atoms with Crippen LogP contribution in [0.3, 0.4) is 0 Å². The van der Waals surface area contributed by atoms with Crippen LogP contribution in [0, 0.1) is 13.8 Å². The van der Waals surface area contributed by atoms with Crippen molar-refractivity contribution in [2.24, 2.45) is 0 Å². The molecule has 0 saturated carbocycles. The molecular weight excluding hydrogens is 292 g/mol. The molecule has 0 radical (unpaired) electrons. The van der Waals surface area contributed by atoms with Gasteiger partial charge in [-0.15, -0.1) is 0 Å². The molecule has 0 spiro atoms. The van der Waals surface area contributed by atoms with Gasteiger partial charge in [0, 0.05) is 31.2 Å². The first-order valence-corrected chi connectivity index (χ1v) is 7.83. The van der Waals surface area contributed by atoms with Crippen LogP contribution in [-0.2, 0) is 6.54 Å². The summed E-state index contributed by atoms with van der Waals surface area (Å²) in [4.78, 5) is 12.0. The Hall–Kier alpha value is -2.27. The molecule has 0 bridgehead atoms. The second-order valence-electron chi connectivity index (χ2n) is 5.62. The van der Waals surface area contributed by atoms with Crippen LogP contribution in [0.2, 0.25) is 0 Å². The maximum atomic E-state index is 12.0. The highest BCUT2D eigenvalue weighted by atomic mass is 16.3. The summed E-state index contributed by atoms with van der Waals surface area (Å²) in [5, 5.41) is 14.9. The van der Waals surface area contributed by atoms with E-state index in [9.17, 15) is 9.90 Å². The Labute approximate surface area is 136 Å². The number of benzene rings is 1. The summed E-state index contributed by atoms with van der Waals surface area (Å²) in [6, 6.07) is 11.6. The van der Waals surface area contributed by atoms with Crippen LogP contribution in [-0.4, -0.2) is 24.3 Å². The minimum atomic E-state index is -0.220. The third kappa shape index (κ3) is 5.14. The van der Waals surface area contributed by atoms with Crippen molar-refractivity contribution in [1.82, 2.24) is 10.6 Å². The van der Waals surface area contributed by atoms with Crippen LogP contribution in [0.1, 0.15) is 35.0 Å².